The fraction of sp³-hybridized carbons (Fsp3) is 0.682. The Balaban J connectivity index is 0.00000392. The second kappa shape index (κ2) is 16.0. The van der Waals surface area contributed by atoms with Gasteiger partial charge in [0.2, 0.25) is 0 Å². The highest BCUT2D eigenvalue weighted by atomic mass is 127. The number of nitrogens with zero attached hydrogens (tertiary/aromatic N) is 2. The smallest absolute Gasteiger partial charge is 0.193 e. The van der Waals surface area contributed by atoms with Gasteiger partial charge in [-0.15, -0.1) is 24.0 Å². The van der Waals surface area contributed by atoms with Crippen LogP contribution in [-0.2, 0) is 15.9 Å². The largest absolute Gasteiger partial charge is 0.382 e. The number of unbranched alkanes of at least 4 members (excludes halogenated alkanes) is 2. The van der Waals surface area contributed by atoms with Gasteiger partial charge in [0.15, 0.2) is 5.96 Å². The summed E-state index contributed by atoms with van der Waals surface area (Å²) in [6, 6.07) is 10.7. The van der Waals surface area contributed by atoms with Crippen molar-refractivity contribution in [2.45, 2.75) is 39.0 Å². The molecule has 6 heteroatoms. The standard InChI is InChI=1S/C22H37N3O2.HI/c1-3-23-22(25-15-13-21(18-25)19-27-17-16-26-2)24-14-9-5-8-12-20-10-6-4-7-11-20;/h4,6-7,10-11,21H,3,5,8-9,12-19H2,1-2H3,(H,23,24);1H. The van der Waals surface area contributed by atoms with Crippen molar-refractivity contribution in [3.8, 4) is 0 Å². The Morgan fingerprint density at radius 1 is 1.18 bits per heavy atom. The molecule has 1 atom stereocenters. The highest BCUT2D eigenvalue weighted by Crippen LogP contribution is 2.17. The van der Waals surface area contributed by atoms with E-state index in [1.807, 2.05) is 0 Å². The van der Waals surface area contributed by atoms with Gasteiger partial charge in [0, 0.05) is 39.2 Å². The predicted molar refractivity (Wildman–Crippen MR) is 128 cm³/mol. The maximum absolute atomic E-state index is 5.70. The van der Waals surface area contributed by atoms with Crippen molar-refractivity contribution in [2.75, 3.05) is 53.1 Å². The molecular formula is C22H38IN3O2. The van der Waals surface area contributed by atoms with Gasteiger partial charge in [-0.2, -0.15) is 0 Å². The van der Waals surface area contributed by atoms with Crippen LogP contribution >= 0.6 is 24.0 Å². The summed E-state index contributed by atoms with van der Waals surface area (Å²) in [6.45, 7) is 8.23. The fourth-order valence-corrected chi connectivity index (χ4v) is 3.43. The van der Waals surface area contributed by atoms with Crippen LogP contribution in [0.25, 0.3) is 0 Å². The molecule has 1 N–H and O–H groups in total. The third-order valence-electron chi connectivity index (χ3n) is 4.93. The Kier molecular flexibility index (Phi) is 14.4. The molecule has 28 heavy (non-hydrogen) atoms. The van der Waals surface area contributed by atoms with E-state index in [0.717, 1.165) is 45.2 Å². The summed E-state index contributed by atoms with van der Waals surface area (Å²) in [6.07, 6.45) is 5.96. The number of halogens is 1. The van der Waals surface area contributed by atoms with Gasteiger partial charge in [-0.3, -0.25) is 4.99 Å². The number of benzene rings is 1. The zero-order valence-corrected chi connectivity index (χ0v) is 19.9. The van der Waals surface area contributed by atoms with Gasteiger partial charge >= 0.3 is 0 Å². The topological polar surface area (TPSA) is 46.1 Å². The number of nitrogens with one attached hydrogen (secondary N) is 1. The van der Waals surface area contributed by atoms with E-state index in [1.165, 1.54) is 31.2 Å². The van der Waals surface area contributed by atoms with Crippen molar-refractivity contribution in [1.29, 1.82) is 0 Å². The monoisotopic (exact) mass is 503 g/mol. The zero-order valence-electron chi connectivity index (χ0n) is 17.6. The third kappa shape index (κ3) is 10.1. The Labute approximate surface area is 188 Å². The van der Waals surface area contributed by atoms with E-state index in [-0.39, 0.29) is 24.0 Å². The molecule has 5 nitrogen and oxygen atoms in total. The second-order valence-electron chi connectivity index (χ2n) is 7.20. The number of ether oxygens (including phenoxy) is 2. The molecule has 160 valence electrons. The highest BCUT2D eigenvalue weighted by Gasteiger charge is 2.24. The molecule has 1 heterocycles. The van der Waals surface area contributed by atoms with E-state index in [0.29, 0.717) is 19.1 Å². The second-order valence-corrected chi connectivity index (χ2v) is 7.20. The van der Waals surface area contributed by atoms with E-state index in [1.54, 1.807) is 7.11 Å². The minimum atomic E-state index is 0. The Morgan fingerprint density at radius 3 is 2.75 bits per heavy atom. The number of hydrogen-bond donors (Lipinski definition) is 1. The van der Waals surface area contributed by atoms with Crippen molar-refractivity contribution in [3.05, 3.63) is 35.9 Å². The normalized spacial score (nSPS) is 16.9. The minimum absolute atomic E-state index is 0. The summed E-state index contributed by atoms with van der Waals surface area (Å²) >= 11 is 0. The van der Waals surface area contributed by atoms with Crippen molar-refractivity contribution in [3.63, 3.8) is 0 Å². The van der Waals surface area contributed by atoms with Crippen LogP contribution in [0.3, 0.4) is 0 Å². The predicted octanol–water partition coefficient (Wildman–Crippen LogP) is 3.97. The molecule has 1 aromatic carbocycles. The van der Waals surface area contributed by atoms with Gasteiger partial charge in [0.25, 0.3) is 0 Å². The Hall–Kier alpha value is -0.860. The maximum Gasteiger partial charge on any atom is 0.193 e. The van der Waals surface area contributed by atoms with Crippen LogP contribution in [0.2, 0.25) is 0 Å². The number of rotatable bonds is 12. The molecule has 1 aromatic rings. The van der Waals surface area contributed by atoms with Crippen LogP contribution in [-0.4, -0.2) is 64.0 Å². The lowest BCUT2D eigenvalue weighted by molar-refractivity contribution is 0.0536. The minimum Gasteiger partial charge on any atom is -0.382 e. The van der Waals surface area contributed by atoms with Gasteiger partial charge in [0.05, 0.1) is 19.8 Å². The number of aryl methyl sites for hydroxylation is 1. The average Bonchev–Trinajstić information content (AvgIpc) is 3.16. The lowest BCUT2D eigenvalue weighted by atomic mass is 10.1. The third-order valence-corrected chi connectivity index (χ3v) is 4.93. The molecule has 1 aliphatic heterocycles. The van der Waals surface area contributed by atoms with Crippen LogP contribution in [0.5, 0.6) is 0 Å². The number of methoxy groups -OCH3 is 1. The number of aliphatic imine (C=N–C) groups is 1. The lowest BCUT2D eigenvalue weighted by Crippen LogP contribution is -2.40. The molecule has 1 aliphatic rings. The van der Waals surface area contributed by atoms with Gasteiger partial charge in [-0.25, -0.2) is 0 Å². The van der Waals surface area contributed by atoms with Crippen molar-refractivity contribution in [2.24, 2.45) is 10.9 Å². The lowest BCUT2D eigenvalue weighted by Gasteiger charge is -2.21. The number of guanidine groups is 1. The van der Waals surface area contributed by atoms with E-state index >= 15 is 0 Å². The van der Waals surface area contributed by atoms with E-state index in [2.05, 4.69) is 47.5 Å². The maximum atomic E-state index is 5.70. The van der Waals surface area contributed by atoms with Gasteiger partial charge in [-0.1, -0.05) is 36.8 Å². The van der Waals surface area contributed by atoms with E-state index in [4.69, 9.17) is 14.5 Å². The van der Waals surface area contributed by atoms with Crippen molar-refractivity contribution < 1.29 is 9.47 Å². The summed E-state index contributed by atoms with van der Waals surface area (Å²) in [7, 11) is 1.71. The van der Waals surface area contributed by atoms with Gasteiger partial charge < -0.3 is 19.7 Å². The van der Waals surface area contributed by atoms with Crippen LogP contribution < -0.4 is 5.32 Å². The summed E-state index contributed by atoms with van der Waals surface area (Å²) < 4.78 is 10.7. The fourth-order valence-electron chi connectivity index (χ4n) is 3.43. The molecule has 0 spiro atoms. The summed E-state index contributed by atoms with van der Waals surface area (Å²) in [5.41, 5.74) is 1.44. The summed E-state index contributed by atoms with van der Waals surface area (Å²) in [5, 5.41) is 3.45. The molecule has 0 saturated carbocycles. The highest BCUT2D eigenvalue weighted by molar-refractivity contribution is 14.0. The van der Waals surface area contributed by atoms with Crippen molar-refractivity contribution in [1.82, 2.24) is 10.2 Å². The summed E-state index contributed by atoms with van der Waals surface area (Å²) in [5.74, 6) is 1.66. The molecule has 0 bridgehead atoms. The van der Waals surface area contributed by atoms with Gasteiger partial charge in [0.1, 0.15) is 0 Å². The van der Waals surface area contributed by atoms with Crippen LogP contribution in [0.15, 0.2) is 35.3 Å². The van der Waals surface area contributed by atoms with Crippen molar-refractivity contribution >= 4 is 29.9 Å². The molecule has 1 unspecified atom stereocenters. The first-order chi connectivity index (χ1) is 13.3. The first-order valence-electron chi connectivity index (χ1n) is 10.5. The molecule has 2 rings (SSSR count). The SMILES string of the molecule is CCNC(=NCCCCCc1ccccc1)N1CCC(COCCOC)C1.I. The van der Waals surface area contributed by atoms with Gasteiger partial charge in [-0.05, 0) is 38.2 Å². The summed E-state index contributed by atoms with van der Waals surface area (Å²) in [4.78, 5) is 7.24. The first kappa shape index (κ1) is 25.2. The quantitative estimate of drug-likeness (QED) is 0.203. The molecule has 0 amide bonds. The zero-order chi connectivity index (χ0) is 19.2. The average molecular weight is 503 g/mol. The molecule has 0 aliphatic carbocycles. The Bertz CT molecular complexity index is 528. The van der Waals surface area contributed by atoms with Crippen LogP contribution in [0.4, 0.5) is 0 Å². The van der Waals surface area contributed by atoms with E-state index in [9.17, 15) is 0 Å². The Morgan fingerprint density at radius 2 is 2.00 bits per heavy atom. The molecule has 1 saturated heterocycles. The molecular weight excluding hydrogens is 465 g/mol. The molecule has 0 aromatic heterocycles. The number of likely N-dealkylation sites (tertiary alicyclic amines) is 1. The molecule has 1 fully saturated rings. The first-order valence-corrected chi connectivity index (χ1v) is 10.5. The molecule has 0 radical (unpaired) electrons. The van der Waals surface area contributed by atoms with Crippen LogP contribution in [0.1, 0.15) is 38.2 Å². The van der Waals surface area contributed by atoms with Crippen LogP contribution in [0, 0.1) is 5.92 Å². The van der Waals surface area contributed by atoms with E-state index < -0.39 is 0 Å². The number of hydrogen-bond acceptors (Lipinski definition) is 3.